The number of hydrogen-bond donors (Lipinski definition) is 0. The second-order valence-corrected chi connectivity index (χ2v) is 2.48. The Morgan fingerprint density at radius 1 is 1.50 bits per heavy atom. The molecule has 0 saturated carbocycles. The van der Waals surface area contributed by atoms with E-state index in [1.165, 1.54) is 17.8 Å². The first kappa shape index (κ1) is 6.97. The Hall–Kier alpha value is -1.71. The molecule has 0 N–H and O–H groups in total. The Balaban J connectivity index is 2.79. The van der Waals surface area contributed by atoms with Crippen molar-refractivity contribution < 1.29 is 4.79 Å². The van der Waals surface area contributed by atoms with Gasteiger partial charge in [-0.05, 0) is 12.1 Å². The first-order valence-electron chi connectivity index (χ1n) is 3.58. The minimum absolute atomic E-state index is 0.0730. The SMILES string of the molecule is CC(=O)n1cnc2cccnc21. The van der Waals surface area contributed by atoms with E-state index in [4.69, 9.17) is 0 Å². The van der Waals surface area contributed by atoms with Crippen molar-refractivity contribution in [1.82, 2.24) is 14.5 Å². The van der Waals surface area contributed by atoms with Gasteiger partial charge < -0.3 is 0 Å². The summed E-state index contributed by atoms with van der Waals surface area (Å²) in [6, 6.07) is 3.61. The zero-order valence-electron chi connectivity index (χ0n) is 6.56. The van der Waals surface area contributed by atoms with Gasteiger partial charge in [0.1, 0.15) is 11.8 Å². The second kappa shape index (κ2) is 2.41. The molecule has 0 unspecified atom stereocenters. The van der Waals surface area contributed by atoms with Gasteiger partial charge in [-0.15, -0.1) is 0 Å². The molecule has 2 aromatic rings. The highest BCUT2D eigenvalue weighted by Gasteiger charge is 2.04. The van der Waals surface area contributed by atoms with Gasteiger partial charge in [0.25, 0.3) is 0 Å². The van der Waals surface area contributed by atoms with Crippen LogP contribution >= 0.6 is 0 Å². The molecule has 0 spiro atoms. The van der Waals surface area contributed by atoms with Crippen molar-refractivity contribution in [3.63, 3.8) is 0 Å². The summed E-state index contributed by atoms with van der Waals surface area (Å²) in [6.45, 7) is 1.48. The Bertz CT molecular complexity index is 433. The Labute approximate surface area is 68.9 Å². The van der Waals surface area contributed by atoms with Crippen molar-refractivity contribution in [2.75, 3.05) is 0 Å². The molecule has 4 nitrogen and oxygen atoms in total. The van der Waals surface area contributed by atoms with Crippen LogP contribution in [-0.4, -0.2) is 20.4 Å². The number of hydrogen-bond acceptors (Lipinski definition) is 3. The minimum atomic E-state index is -0.0730. The summed E-state index contributed by atoms with van der Waals surface area (Å²) in [5.41, 5.74) is 1.36. The number of fused-ring (bicyclic) bond motifs is 1. The fraction of sp³-hybridized carbons (Fsp3) is 0.125. The van der Waals surface area contributed by atoms with Gasteiger partial charge in [-0.3, -0.25) is 9.36 Å². The van der Waals surface area contributed by atoms with Crippen LogP contribution in [0.4, 0.5) is 0 Å². The van der Waals surface area contributed by atoms with Crippen molar-refractivity contribution >= 4 is 17.1 Å². The van der Waals surface area contributed by atoms with Gasteiger partial charge in [-0.2, -0.15) is 0 Å². The number of pyridine rings is 1. The molecule has 0 aliphatic heterocycles. The predicted octanol–water partition coefficient (Wildman–Crippen LogP) is 1.09. The standard InChI is InChI=1S/C8H7N3O/c1-6(12)11-5-10-7-3-2-4-9-8(7)11/h2-5H,1H3. The molecule has 2 heterocycles. The van der Waals surface area contributed by atoms with E-state index in [2.05, 4.69) is 9.97 Å². The number of rotatable bonds is 0. The molecule has 12 heavy (non-hydrogen) atoms. The molecule has 0 aliphatic carbocycles. The van der Waals surface area contributed by atoms with Crippen molar-refractivity contribution in [2.24, 2.45) is 0 Å². The number of nitrogens with zero attached hydrogens (tertiary/aromatic N) is 3. The lowest BCUT2D eigenvalue weighted by molar-refractivity contribution is 0.0940. The molecule has 0 saturated heterocycles. The summed E-state index contributed by atoms with van der Waals surface area (Å²) in [7, 11) is 0. The van der Waals surface area contributed by atoms with E-state index >= 15 is 0 Å². The lowest BCUT2D eigenvalue weighted by Gasteiger charge is -1.93. The van der Waals surface area contributed by atoms with E-state index in [-0.39, 0.29) is 5.91 Å². The van der Waals surface area contributed by atoms with Crippen LogP contribution in [0.25, 0.3) is 11.2 Å². The summed E-state index contributed by atoms with van der Waals surface area (Å²) in [5.74, 6) is -0.0730. The maximum Gasteiger partial charge on any atom is 0.230 e. The molecular weight excluding hydrogens is 154 g/mol. The second-order valence-electron chi connectivity index (χ2n) is 2.48. The van der Waals surface area contributed by atoms with Crippen LogP contribution in [0, 0.1) is 0 Å². The van der Waals surface area contributed by atoms with Crippen LogP contribution in [0.15, 0.2) is 24.7 Å². The van der Waals surface area contributed by atoms with E-state index in [9.17, 15) is 4.79 Å². The normalized spacial score (nSPS) is 10.4. The van der Waals surface area contributed by atoms with Gasteiger partial charge >= 0.3 is 0 Å². The number of aromatic nitrogens is 3. The third kappa shape index (κ3) is 0.887. The summed E-state index contributed by atoms with van der Waals surface area (Å²) >= 11 is 0. The average Bonchev–Trinajstić information content (AvgIpc) is 2.47. The van der Waals surface area contributed by atoms with E-state index in [0.717, 1.165) is 5.52 Å². The number of carbonyl (C=O) groups is 1. The fourth-order valence-electron chi connectivity index (χ4n) is 1.08. The van der Waals surface area contributed by atoms with Crippen molar-refractivity contribution in [2.45, 2.75) is 6.92 Å². The topological polar surface area (TPSA) is 47.8 Å². The molecule has 2 rings (SSSR count). The monoisotopic (exact) mass is 161 g/mol. The van der Waals surface area contributed by atoms with Gasteiger partial charge in [0.15, 0.2) is 5.65 Å². The molecule has 2 aromatic heterocycles. The molecule has 0 fully saturated rings. The molecular formula is C8H7N3O. The van der Waals surface area contributed by atoms with Crippen molar-refractivity contribution in [1.29, 1.82) is 0 Å². The molecule has 0 bridgehead atoms. The third-order valence-electron chi connectivity index (χ3n) is 1.65. The summed E-state index contributed by atoms with van der Waals surface area (Å²) in [6.07, 6.45) is 3.13. The van der Waals surface area contributed by atoms with Crippen molar-refractivity contribution in [3.05, 3.63) is 24.7 Å². The first-order valence-corrected chi connectivity index (χ1v) is 3.58. The fourth-order valence-corrected chi connectivity index (χ4v) is 1.08. The van der Waals surface area contributed by atoms with Crippen LogP contribution in [-0.2, 0) is 0 Å². The van der Waals surface area contributed by atoms with Gasteiger partial charge in [-0.25, -0.2) is 9.97 Å². The minimum Gasteiger partial charge on any atom is -0.274 e. The van der Waals surface area contributed by atoms with E-state index in [0.29, 0.717) is 5.65 Å². The Morgan fingerprint density at radius 3 is 3.08 bits per heavy atom. The molecule has 4 heteroatoms. The predicted molar refractivity (Wildman–Crippen MR) is 43.8 cm³/mol. The van der Waals surface area contributed by atoms with E-state index < -0.39 is 0 Å². The van der Waals surface area contributed by atoms with Crippen LogP contribution in [0.5, 0.6) is 0 Å². The lowest BCUT2D eigenvalue weighted by Crippen LogP contribution is -2.03. The highest BCUT2D eigenvalue weighted by molar-refractivity contribution is 5.86. The molecule has 0 atom stereocenters. The number of imidazole rings is 1. The van der Waals surface area contributed by atoms with Crippen LogP contribution < -0.4 is 0 Å². The van der Waals surface area contributed by atoms with Crippen molar-refractivity contribution in [3.8, 4) is 0 Å². The maximum absolute atomic E-state index is 11.0. The smallest absolute Gasteiger partial charge is 0.230 e. The van der Waals surface area contributed by atoms with Gasteiger partial charge in [-0.1, -0.05) is 0 Å². The average molecular weight is 161 g/mol. The van der Waals surface area contributed by atoms with Crippen LogP contribution in [0.3, 0.4) is 0 Å². The summed E-state index contributed by atoms with van der Waals surface area (Å²) in [4.78, 5) is 19.1. The largest absolute Gasteiger partial charge is 0.274 e. The van der Waals surface area contributed by atoms with E-state index in [1.54, 1.807) is 12.3 Å². The maximum atomic E-state index is 11.0. The van der Waals surface area contributed by atoms with Gasteiger partial charge in [0.2, 0.25) is 5.91 Å². The lowest BCUT2D eigenvalue weighted by atomic mass is 10.4. The highest BCUT2D eigenvalue weighted by atomic mass is 16.1. The molecule has 0 amide bonds. The first-order chi connectivity index (χ1) is 5.79. The van der Waals surface area contributed by atoms with Crippen LogP contribution in [0.2, 0.25) is 0 Å². The Morgan fingerprint density at radius 2 is 2.33 bits per heavy atom. The van der Waals surface area contributed by atoms with Crippen LogP contribution in [0.1, 0.15) is 11.7 Å². The molecule has 0 aromatic carbocycles. The molecule has 0 aliphatic rings. The molecule has 0 radical (unpaired) electrons. The Kier molecular flexibility index (Phi) is 1.40. The zero-order valence-corrected chi connectivity index (χ0v) is 6.56. The summed E-state index contributed by atoms with van der Waals surface area (Å²) < 4.78 is 1.43. The van der Waals surface area contributed by atoms with E-state index in [1.807, 2.05) is 6.07 Å². The quantitative estimate of drug-likeness (QED) is 0.581. The summed E-state index contributed by atoms with van der Waals surface area (Å²) in [5, 5.41) is 0. The zero-order chi connectivity index (χ0) is 8.55. The van der Waals surface area contributed by atoms with Gasteiger partial charge in [0.05, 0.1) is 0 Å². The van der Waals surface area contributed by atoms with Gasteiger partial charge in [0, 0.05) is 13.1 Å². The number of carbonyl (C=O) groups excluding carboxylic acids is 1. The highest BCUT2D eigenvalue weighted by Crippen LogP contribution is 2.07. The molecule has 60 valence electrons. The third-order valence-corrected chi connectivity index (χ3v) is 1.65.